The van der Waals surface area contributed by atoms with Crippen molar-refractivity contribution < 1.29 is 10.2 Å². The summed E-state index contributed by atoms with van der Waals surface area (Å²) in [6.07, 6.45) is 0. The third-order valence-electron chi connectivity index (χ3n) is 5.91. The van der Waals surface area contributed by atoms with Crippen LogP contribution in [-0.2, 0) is 11.2 Å². The molecule has 0 aliphatic heterocycles. The molecule has 1 aliphatic carbocycles. The van der Waals surface area contributed by atoms with E-state index in [1.807, 2.05) is 60.7 Å². The molecule has 0 saturated heterocycles. The summed E-state index contributed by atoms with van der Waals surface area (Å²) in [7, 11) is 0. The van der Waals surface area contributed by atoms with Crippen molar-refractivity contribution >= 4 is 23.2 Å². The third-order valence-corrected chi connectivity index (χ3v) is 6.54. The molecule has 30 heavy (non-hydrogen) atoms. The fraction of sp³-hybridized carbons (Fsp3) is 0.0769. The smallest absolute Gasteiger partial charge is 0.142 e. The SMILES string of the molecule is O[C@]1(c2ccccc2)c2cccc(Cl)c2[C@](O)(c2ccccc2)c2cccc(Cl)c21. The van der Waals surface area contributed by atoms with Crippen molar-refractivity contribution in [3.8, 4) is 0 Å². The molecule has 2 atom stereocenters. The van der Waals surface area contributed by atoms with Gasteiger partial charge in [-0.15, -0.1) is 0 Å². The minimum atomic E-state index is -1.57. The maximum atomic E-state index is 12.3. The van der Waals surface area contributed by atoms with Crippen LogP contribution in [0.2, 0.25) is 10.0 Å². The van der Waals surface area contributed by atoms with Gasteiger partial charge in [0.05, 0.1) is 0 Å². The summed E-state index contributed by atoms with van der Waals surface area (Å²) >= 11 is 13.4. The average Bonchev–Trinajstić information content (AvgIpc) is 2.78. The summed E-state index contributed by atoms with van der Waals surface area (Å²) in [5.74, 6) is 0. The second-order valence-electron chi connectivity index (χ2n) is 7.48. The topological polar surface area (TPSA) is 40.5 Å². The zero-order chi connectivity index (χ0) is 20.9. The summed E-state index contributed by atoms with van der Waals surface area (Å²) in [5, 5.41) is 25.3. The van der Waals surface area contributed by atoms with Crippen molar-refractivity contribution in [1.82, 2.24) is 0 Å². The van der Waals surface area contributed by atoms with Gasteiger partial charge in [-0.05, 0) is 23.3 Å². The molecule has 2 nitrogen and oxygen atoms in total. The summed E-state index contributed by atoms with van der Waals surface area (Å²) < 4.78 is 0. The highest BCUT2D eigenvalue weighted by Crippen LogP contribution is 2.56. The molecule has 0 fully saturated rings. The van der Waals surface area contributed by atoms with Gasteiger partial charge in [-0.1, -0.05) is 108 Å². The quantitative estimate of drug-likeness (QED) is 0.415. The normalized spacial score (nSPS) is 22.3. The van der Waals surface area contributed by atoms with Gasteiger partial charge in [0.15, 0.2) is 0 Å². The Bertz CT molecular complexity index is 1140. The predicted octanol–water partition coefficient (Wildman–Crippen LogP) is 5.88. The molecule has 2 N–H and O–H groups in total. The number of halogens is 2. The van der Waals surface area contributed by atoms with Gasteiger partial charge in [0.25, 0.3) is 0 Å². The molecule has 0 aromatic heterocycles. The zero-order valence-corrected chi connectivity index (χ0v) is 17.4. The molecular weight excluding hydrogens is 415 g/mol. The lowest BCUT2D eigenvalue weighted by Gasteiger charge is -2.45. The minimum Gasteiger partial charge on any atom is -0.376 e. The molecule has 0 heterocycles. The van der Waals surface area contributed by atoms with Gasteiger partial charge in [-0.2, -0.15) is 0 Å². The first-order chi connectivity index (χ1) is 14.5. The Labute approximate surface area is 185 Å². The Morgan fingerprint density at radius 3 is 1.20 bits per heavy atom. The zero-order valence-electron chi connectivity index (χ0n) is 15.9. The predicted molar refractivity (Wildman–Crippen MR) is 120 cm³/mol. The Morgan fingerprint density at radius 1 is 0.467 bits per heavy atom. The van der Waals surface area contributed by atoms with Crippen LogP contribution in [-0.4, -0.2) is 10.2 Å². The van der Waals surface area contributed by atoms with Crippen LogP contribution in [0.5, 0.6) is 0 Å². The highest BCUT2D eigenvalue weighted by Gasteiger charge is 2.52. The van der Waals surface area contributed by atoms with Crippen molar-refractivity contribution in [1.29, 1.82) is 0 Å². The summed E-state index contributed by atoms with van der Waals surface area (Å²) in [6.45, 7) is 0. The van der Waals surface area contributed by atoms with Crippen LogP contribution in [0.15, 0.2) is 97.1 Å². The van der Waals surface area contributed by atoms with Crippen LogP contribution in [0, 0.1) is 0 Å². The lowest BCUT2D eigenvalue weighted by molar-refractivity contribution is 0.0749. The highest BCUT2D eigenvalue weighted by molar-refractivity contribution is 6.32. The molecule has 0 unspecified atom stereocenters. The lowest BCUT2D eigenvalue weighted by Crippen LogP contribution is -2.44. The standard InChI is InChI=1S/C26H18Cl2O2/c27-21-15-8-14-20-23(21)25(29,17-9-3-1-4-10-17)19-13-7-16-22(28)24(19)26(20,30)18-11-5-2-6-12-18/h1-16,29-30H/t25-,26+. The average molecular weight is 433 g/mol. The number of aliphatic hydroxyl groups is 2. The van der Waals surface area contributed by atoms with Gasteiger partial charge in [0, 0.05) is 32.3 Å². The summed E-state index contributed by atoms with van der Waals surface area (Å²) in [6, 6.07) is 29.3. The molecule has 0 spiro atoms. The number of rotatable bonds is 2. The van der Waals surface area contributed by atoms with E-state index in [2.05, 4.69) is 0 Å². The Hall–Kier alpha value is -2.62. The summed E-state index contributed by atoms with van der Waals surface area (Å²) in [4.78, 5) is 0. The monoisotopic (exact) mass is 432 g/mol. The number of hydrogen-bond acceptors (Lipinski definition) is 2. The first-order valence-corrected chi connectivity index (χ1v) is 10.4. The van der Waals surface area contributed by atoms with Crippen LogP contribution in [0.25, 0.3) is 0 Å². The molecule has 1 aliphatic rings. The molecular formula is C26H18Cl2O2. The Balaban J connectivity index is 1.98. The maximum absolute atomic E-state index is 12.3. The van der Waals surface area contributed by atoms with Gasteiger partial charge in [-0.3, -0.25) is 0 Å². The minimum absolute atomic E-state index is 0.374. The van der Waals surface area contributed by atoms with Crippen LogP contribution in [0.1, 0.15) is 33.4 Å². The number of hydrogen-bond donors (Lipinski definition) is 2. The molecule has 0 bridgehead atoms. The maximum Gasteiger partial charge on any atom is 0.142 e. The molecule has 148 valence electrons. The highest BCUT2D eigenvalue weighted by atomic mass is 35.5. The van der Waals surface area contributed by atoms with Crippen molar-refractivity contribution in [3.63, 3.8) is 0 Å². The van der Waals surface area contributed by atoms with E-state index in [4.69, 9.17) is 23.2 Å². The lowest BCUT2D eigenvalue weighted by atomic mass is 9.63. The first-order valence-electron chi connectivity index (χ1n) is 9.63. The molecule has 4 aromatic rings. The van der Waals surface area contributed by atoms with Gasteiger partial charge in [0.2, 0.25) is 0 Å². The largest absolute Gasteiger partial charge is 0.376 e. The van der Waals surface area contributed by atoms with E-state index in [-0.39, 0.29) is 0 Å². The van der Waals surface area contributed by atoms with Crippen molar-refractivity contribution in [2.45, 2.75) is 11.2 Å². The molecule has 0 saturated carbocycles. The van der Waals surface area contributed by atoms with E-state index < -0.39 is 11.2 Å². The van der Waals surface area contributed by atoms with E-state index in [1.54, 1.807) is 36.4 Å². The molecule has 5 rings (SSSR count). The van der Waals surface area contributed by atoms with Crippen LogP contribution >= 0.6 is 23.2 Å². The van der Waals surface area contributed by atoms with Crippen LogP contribution < -0.4 is 0 Å². The fourth-order valence-corrected chi connectivity index (χ4v) is 5.24. The Kier molecular flexibility index (Phi) is 4.49. The van der Waals surface area contributed by atoms with Crippen molar-refractivity contribution in [2.75, 3.05) is 0 Å². The second kappa shape index (κ2) is 6.97. The molecule has 4 aromatic carbocycles. The van der Waals surface area contributed by atoms with E-state index in [1.165, 1.54) is 0 Å². The van der Waals surface area contributed by atoms with Crippen LogP contribution in [0.4, 0.5) is 0 Å². The molecule has 4 heteroatoms. The van der Waals surface area contributed by atoms with Gasteiger partial charge < -0.3 is 10.2 Å². The molecule has 0 amide bonds. The van der Waals surface area contributed by atoms with Crippen LogP contribution in [0.3, 0.4) is 0 Å². The van der Waals surface area contributed by atoms with E-state index in [0.29, 0.717) is 43.4 Å². The van der Waals surface area contributed by atoms with Gasteiger partial charge in [0.1, 0.15) is 11.2 Å². The number of benzene rings is 4. The summed E-state index contributed by atoms with van der Waals surface area (Å²) in [5.41, 5.74) is 0.0852. The van der Waals surface area contributed by atoms with Crippen molar-refractivity contribution in [3.05, 3.63) is 140 Å². The van der Waals surface area contributed by atoms with E-state index >= 15 is 0 Å². The molecule has 0 radical (unpaired) electrons. The fourth-order valence-electron chi connectivity index (χ4n) is 4.61. The van der Waals surface area contributed by atoms with E-state index in [9.17, 15) is 10.2 Å². The van der Waals surface area contributed by atoms with Gasteiger partial charge >= 0.3 is 0 Å². The second-order valence-corrected chi connectivity index (χ2v) is 8.29. The third kappa shape index (κ3) is 2.52. The first kappa shape index (κ1) is 19.3. The Morgan fingerprint density at radius 2 is 0.833 bits per heavy atom. The number of fused-ring (bicyclic) bond motifs is 2. The van der Waals surface area contributed by atoms with Crippen molar-refractivity contribution in [2.24, 2.45) is 0 Å². The van der Waals surface area contributed by atoms with E-state index in [0.717, 1.165) is 0 Å². The van der Waals surface area contributed by atoms with Gasteiger partial charge in [-0.25, -0.2) is 0 Å².